The van der Waals surface area contributed by atoms with E-state index in [1.54, 1.807) is 12.1 Å². The molecule has 1 heterocycles. The quantitative estimate of drug-likeness (QED) is 0.921. The number of carbonyl (C=O) groups is 1. The molecule has 1 aliphatic rings. The summed E-state index contributed by atoms with van der Waals surface area (Å²) in [4.78, 5) is 11.9. The van der Waals surface area contributed by atoms with Crippen molar-refractivity contribution >= 4 is 27.5 Å². The Labute approximate surface area is 123 Å². The van der Waals surface area contributed by atoms with E-state index in [9.17, 15) is 13.2 Å². The molecule has 0 bridgehead atoms. The first kappa shape index (κ1) is 15.3. The van der Waals surface area contributed by atoms with E-state index < -0.39 is 15.9 Å². The third kappa shape index (κ3) is 4.47. The van der Waals surface area contributed by atoms with Gasteiger partial charge < -0.3 is 4.74 Å². The van der Waals surface area contributed by atoms with Gasteiger partial charge in [-0.1, -0.05) is 17.7 Å². The van der Waals surface area contributed by atoms with Crippen LogP contribution in [0.1, 0.15) is 29.6 Å². The summed E-state index contributed by atoms with van der Waals surface area (Å²) in [5, 5.41) is 0.380. The lowest BCUT2D eigenvalue weighted by Crippen LogP contribution is -2.38. The summed E-state index contributed by atoms with van der Waals surface area (Å²) in [6.07, 6.45) is 2.26. The standard InChI is InChI=1S/C13H16ClNO4S/c14-11-5-3-4-10(8-11)13(16)15-20(17,18)9-12-6-1-2-7-19-12/h3-5,8,12H,1-2,6-7,9H2,(H,15,16)/t12-/m1/s1. The first-order valence-electron chi connectivity index (χ1n) is 6.38. The molecule has 0 saturated carbocycles. The van der Waals surface area contributed by atoms with Crippen molar-refractivity contribution < 1.29 is 17.9 Å². The van der Waals surface area contributed by atoms with Crippen molar-refractivity contribution in [2.45, 2.75) is 25.4 Å². The molecule has 1 aromatic carbocycles. The molecule has 1 fully saturated rings. The second-order valence-electron chi connectivity index (χ2n) is 4.71. The highest BCUT2D eigenvalue weighted by Gasteiger charge is 2.24. The summed E-state index contributed by atoms with van der Waals surface area (Å²) in [6.45, 7) is 0.572. The van der Waals surface area contributed by atoms with Crippen LogP contribution in [-0.2, 0) is 14.8 Å². The number of rotatable bonds is 4. The lowest BCUT2D eigenvalue weighted by Gasteiger charge is -2.22. The Hall–Kier alpha value is -1.11. The van der Waals surface area contributed by atoms with Crippen LogP contribution >= 0.6 is 11.6 Å². The topological polar surface area (TPSA) is 72.5 Å². The highest BCUT2D eigenvalue weighted by Crippen LogP contribution is 2.15. The van der Waals surface area contributed by atoms with Gasteiger partial charge in [0.05, 0.1) is 11.9 Å². The predicted octanol–water partition coefficient (Wildman–Crippen LogP) is 1.97. The lowest BCUT2D eigenvalue weighted by atomic mass is 10.1. The molecular formula is C13H16ClNO4S. The smallest absolute Gasteiger partial charge is 0.264 e. The average molecular weight is 318 g/mol. The molecule has 0 aromatic heterocycles. The molecule has 1 saturated heterocycles. The molecule has 0 spiro atoms. The Morgan fingerprint density at radius 2 is 2.20 bits per heavy atom. The minimum atomic E-state index is -3.71. The maximum atomic E-state index is 11.9. The zero-order valence-electron chi connectivity index (χ0n) is 10.8. The van der Waals surface area contributed by atoms with E-state index in [4.69, 9.17) is 16.3 Å². The van der Waals surface area contributed by atoms with Gasteiger partial charge in [0.2, 0.25) is 10.0 Å². The van der Waals surface area contributed by atoms with Gasteiger partial charge in [-0.15, -0.1) is 0 Å². The number of hydrogen-bond donors (Lipinski definition) is 1. The molecule has 1 amide bonds. The third-order valence-electron chi connectivity index (χ3n) is 3.01. The summed E-state index contributed by atoms with van der Waals surface area (Å²) >= 11 is 5.77. The molecule has 1 aliphatic heterocycles. The van der Waals surface area contributed by atoms with Crippen molar-refractivity contribution in [3.8, 4) is 0 Å². The van der Waals surface area contributed by atoms with Gasteiger partial charge in [0, 0.05) is 17.2 Å². The number of hydrogen-bond acceptors (Lipinski definition) is 4. The molecule has 1 N–H and O–H groups in total. The van der Waals surface area contributed by atoms with Crippen LogP contribution in [0.15, 0.2) is 24.3 Å². The highest BCUT2D eigenvalue weighted by atomic mass is 35.5. The van der Waals surface area contributed by atoms with Gasteiger partial charge in [-0.2, -0.15) is 0 Å². The molecule has 5 nitrogen and oxygen atoms in total. The lowest BCUT2D eigenvalue weighted by molar-refractivity contribution is 0.0304. The molecule has 1 atom stereocenters. The number of carbonyl (C=O) groups excluding carboxylic acids is 1. The molecule has 110 valence electrons. The summed E-state index contributed by atoms with van der Waals surface area (Å²) < 4.78 is 31.3. The second-order valence-corrected chi connectivity index (χ2v) is 6.91. The van der Waals surface area contributed by atoms with Crippen molar-refractivity contribution in [2.75, 3.05) is 12.4 Å². The largest absolute Gasteiger partial charge is 0.377 e. The average Bonchev–Trinajstić information content (AvgIpc) is 2.38. The van der Waals surface area contributed by atoms with Gasteiger partial charge in [0.25, 0.3) is 5.91 Å². The number of benzene rings is 1. The zero-order valence-corrected chi connectivity index (χ0v) is 12.4. The van der Waals surface area contributed by atoms with Crippen LogP contribution in [0, 0.1) is 0 Å². The van der Waals surface area contributed by atoms with E-state index in [-0.39, 0.29) is 17.4 Å². The Kier molecular flexibility index (Phi) is 5.01. The Balaban J connectivity index is 1.98. The van der Waals surface area contributed by atoms with E-state index in [0.29, 0.717) is 18.1 Å². The monoisotopic (exact) mass is 317 g/mol. The van der Waals surface area contributed by atoms with Crippen LogP contribution in [0.25, 0.3) is 0 Å². The molecule has 20 heavy (non-hydrogen) atoms. The van der Waals surface area contributed by atoms with Crippen LogP contribution < -0.4 is 4.72 Å². The minimum absolute atomic E-state index is 0.195. The van der Waals surface area contributed by atoms with Gasteiger partial charge in [-0.3, -0.25) is 4.79 Å². The van der Waals surface area contributed by atoms with Crippen LogP contribution in [-0.4, -0.2) is 32.8 Å². The number of halogens is 1. The van der Waals surface area contributed by atoms with Crippen molar-refractivity contribution in [1.82, 2.24) is 4.72 Å². The Morgan fingerprint density at radius 1 is 1.40 bits per heavy atom. The van der Waals surface area contributed by atoms with E-state index in [0.717, 1.165) is 12.8 Å². The Morgan fingerprint density at radius 3 is 2.85 bits per heavy atom. The third-order valence-corrected chi connectivity index (χ3v) is 4.56. The first-order chi connectivity index (χ1) is 9.46. The Bertz CT molecular complexity index is 582. The number of sulfonamides is 1. The number of ether oxygens (including phenoxy) is 1. The highest BCUT2D eigenvalue weighted by molar-refractivity contribution is 7.90. The predicted molar refractivity (Wildman–Crippen MR) is 76.3 cm³/mol. The summed E-state index contributed by atoms with van der Waals surface area (Å²) in [7, 11) is -3.71. The molecule has 0 unspecified atom stereocenters. The summed E-state index contributed by atoms with van der Waals surface area (Å²) in [5.41, 5.74) is 0.214. The van der Waals surface area contributed by atoms with Crippen LogP contribution in [0.5, 0.6) is 0 Å². The summed E-state index contributed by atoms with van der Waals surface area (Å²) in [6, 6.07) is 6.13. The van der Waals surface area contributed by atoms with Gasteiger partial charge in [0.15, 0.2) is 0 Å². The maximum Gasteiger partial charge on any atom is 0.264 e. The molecule has 1 aromatic rings. The normalized spacial score (nSPS) is 19.6. The van der Waals surface area contributed by atoms with Crippen molar-refractivity contribution in [3.05, 3.63) is 34.9 Å². The van der Waals surface area contributed by atoms with Gasteiger partial charge >= 0.3 is 0 Å². The van der Waals surface area contributed by atoms with E-state index in [1.807, 2.05) is 4.72 Å². The van der Waals surface area contributed by atoms with Crippen LogP contribution in [0.3, 0.4) is 0 Å². The molecule has 2 rings (SSSR count). The second kappa shape index (κ2) is 6.56. The molecular weight excluding hydrogens is 302 g/mol. The maximum absolute atomic E-state index is 11.9. The number of nitrogens with one attached hydrogen (secondary N) is 1. The first-order valence-corrected chi connectivity index (χ1v) is 8.41. The molecule has 0 radical (unpaired) electrons. The SMILES string of the molecule is O=C(NS(=O)(=O)C[C@H]1CCCCO1)c1cccc(Cl)c1. The van der Waals surface area contributed by atoms with Crippen molar-refractivity contribution in [1.29, 1.82) is 0 Å². The van der Waals surface area contributed by atoms with Gasteiger partial charge in [0.1, 0.15) is 0 Å². The minimum Gasteiger partial charge on any atom is -0.377 e. The van der Waals surface area contributed by atoms with Gasteiger partial charge in [-0.05, 0) is 37.5 Å². The molecule has 7 heteroatoms. The van der Waals surface area contributed by atoms with E-state index in [2.05, 4.69) is 0 Å². The fourth-order valence-corrected chi connectivity index (χ4v) is 3.48. The van der Waals surface area contributed by atoms with Crippen LogP contribution in [0.2, 0.25) is 5.02 Å². The fourth-order valence-electron chi connectivity index (χ4n) is 2.06. The van der Waals surface area contributed by atoms with Gasteiger partial charge in [-0.25, -0.2) is 13.1 Å². The van der Waals surface area contributed by atoms with E-state index in [1.165, 1.54) is 12.1 Å². The summed E-state index contributed by atoms with van der Waals surface area (Å²) in [5.74, 6) is -0.873. The fraction of sp³-hybridized carbons (Fsp3) is 0.462. The number of amides is 1. The van der Waals surface area contributed by atoms with Crippen molar-refractivity contribution in [2.24, 2.45) is 0 Å². The zero-order chi connectivity index (χ0) is 14.6. The van der Waals surface area contributed by atoms with Crippen molar-refractivity contribution in [3.63, 3.8) is 0 Å². The van der Waals surface area contributed by atoms with Crippen LogP contribution in [0.4, 0.5) is 0 Å². The molecule has 0 aliphatic carbocycles. The van der Waals surface area contributed by atoms with E-state index >= 15 is 0 Å².